The van der Waals surface area contributed by atoms with E-state index in [0.717, 1.165) is 0 Å². The second-order valence-corrected chi connectivity index (χ2v) is 14.1. The maximum Gasteiger partial charge on any atom is 0.241 e. The lowest BCUT2D eigenvalue weighted by molar-refractivity contribution is 0.843. The molecule has 10 aromatic rings. The lowest BCUT2D eigenvalue weighted by atomic mass is 10.1. The second-order valence-electron chi connectivity index (χ2n) is 12.8. The topological polar surface area (TPSA) is 105 Å². The minimum atomic E-state index is -0.197. The summed E-state index contributed by atoms with van der Waals surface area (Å²) in [5.41, 5.74) is 2.57. The molecule has 0 spiro atoms. The molecule has 0 saturated carbocycles. The number of benzene rings is 6. The first-order valence-electron chi connectivity index (χ1n) is 16.7. The molecular formula is C42H21Cl3N6O3. The summed E-state index contributed by atoms with van der Waals surface area (Å²) in [6.07, 6.45) is 0. The van der Waals surface area contributed by atoms with Crippen molar-refractivity contribution in [2.24, 2.45) is 0 Å². The van der Waals surface area contributed by atoms with E-state index in [2.05, 4.69) is 0 Å². The van der Waals surface area contributed by atoms with Crippen LogP contribution in [0.2, 0.25) is 15.1 Å². The molecular weight excluding hydrogens is 743 g/mol. The van der Waals surface area contributed by atoms with E-state index < -0.39 is 0 Å². The summed E-state index contributed by atoms with van der Waals surface area (Å²) >= 11 is 19.4. The van der Waals surface area contributed by atoms with Crippen molar-refractivity contribution in [1.82, 2.24) is 28.7 Å². The van der Waals surface area contributed by atoms with Crippen LogP contribution in [0.3, 0.4) is 0 Å². The Morgan fingerprint density at radius 3 is 0.889 bits per heavy atom. The van der Waals surface area contributed by atoms with E-state index in [4.69, 9.17) is 49.8 Å². The summed E-state index contributed by atoms with van der Waals surface area (Å²) in [7, 11) is 0. The first kappa shape index (κ1) is 32.3. The number of fused-ring (bicyclic) bond motifs is 6. The van der Waals surface area contributed by atoms with Gasteiger partial charge in [0.05, 0.1) is 33.1 Å². The SMILES string of the molecule is O=c1c2ccccc2n(-c2nc(-n3c4ccccc4c(=O)c4cc(Cl)ccc43)nc(-n3c4ccccc4c(=O)c4cc(Cl)ccc43)n2)c2ccc(Cl)cc12. The van der Waals surface area contributed by atoms with Crippen LogP contribution in [0.25, 0.3) is 83.3 Å². The Labute approximate surface area is 318 Å². The Morgan fingerprint density at radius 2 is 0.593 bits per heavy atom. The van der Waals surface area contributed by atoms with Gasteiger partial charge in [-0.05, 0) is 91.0 Å². The van der Waals surface area contributed by atoms with Gasteiger partial charge in [0.25, 0.3) is 0 Å². The summed E-state index contributed by atoms with van der Waals surface area (Å²) in [6, 6.07) is 36.9. The maximum absolute atomic E-state index is 13.9. The van der Waals surface area contributed by atoms with Gasteiger partial charge in [-0.25, -0.2) is 0 Å². The van der Waals surface area contributed by atoms with Gasteiger partial charge in [0.15, 0.2) is 16.3 Å². The predicted octanol–water partition coefficient (Wildman–Crippen LogP) is 9.20. The lowest BCUT2D eigenvalue weighted by Gasteiger charge is -2.20. The Balaban J connectivity index is 1.44. The van der Waals surface area contributed by atoms with E-state index in [9.17, 15) is 14.4 Å². The summed E-state index contributed by atoms with van der Waals surface area (Å²) in [5.74, 6) is 0.481. The number of nitrogens with zero attached hydrogens (tertiary/aromatic N) is 6. The van der Waals surface area contributed by atoms with E-state index in [1.165, 1.54) is 0 Å². The van der Waals surface area contributed by atoms with E-state index in [-0.39, 0.29) is 34.1 Å². The molecule has 0 aliphatic rings. The molecule has 0 aliphatic carbocycles. The first-order valence-corrected chi connectivity index (χ1v) is 17.9. The molecule has 6 aromatic carbocycles. The van der Waals surface area contributed by atoms with Crippen molar-refractivity contribution in [2.75, 3.05) is 0 Å². The third kappa shape index (κ3) is 4.79. The van der Waals surface area contributed by atoms with Crippen molar-refractivity contribution in [1.29, 1.82) is 0 Å². The molecule has 0 atom stereocenters. The average Bonchev–Trinajstić information content (AvgIpc) is 3.19. The second kappa shape index (κ2) is 12.1. The Morgan fingerprint density at radius 1 is 0.333 bits per heavy atom. The number of aromatic nitrogens is 6. The minimum absolute atomic E-state index is 0.160. The minimum Gasteiger partial charge on any atom is -0.288 e. The lowest BCUT2D eigenvalue weighted by Crippen LogP contribution is -2.19. The zero-order chi connectivity index (χ0) is 36.8. The van der Waals surface area contributed by atoms with Gasteiger partial charge in [-0.3, -0.25) is 28.1 Å². The van der Waals surface area contributed by atoms with Crippen molar-refractivity contribution in [2.45, 2.75) is 0 Å². The number of halogens is 3. The van der Waals surface area contributed by atoms with Gasteiger partial charge < -0.3 is 0 Å². The molecule has 0 radical (unpaired) electrons. The number of hydrogen-bond acceptors (Lipinski definition) is 6. The fourth-order valence-electron chi connectivity index (χ4n) is 7.35. The van der Waals surface area contributed by atoms with Gasteiger partial charge in [0, 0.05) is 47.4 Å². The number of hydrogen-bond donors (Lipinski definition) is 0. The van der Waals surface area contributed by atoms with Crippen molar-refractivity contribution in [3.63, 3.8) is 0 Å². The van der Waals surface area contributed by atoms with Gasteiger partial charge in [0.1, 0.15) is 0 Å². The number of rotatable bonds is 3. The number of pyridine rings is 3. The highest BCUT2D eigenvalue weighted by Crippen LogP contribution is 2.30. The molecule has 10 rings (SSSR count). The van der Waals surface area contributed by atoms with Crippen LogP contribution in [0.4, 0.5) is 0 Å². The van der Waals surface area contributed by atoms with E-state index in [0.29, 0.717) is 80.5 Å². The largest absolute Gasteiger partial charge is 0.288 e. The zero-order valence-electron chi connectivity index (χ0n) is 27.7. The van der Waals surface area contributed by atoms with Crippen LogP contribution in [0.5, 0.6) is 0 Å². The molecule has 258 valence electrons. The van der Waals surface area contributed by atoms with Crippen LogP contribution in [0.15, 0.2) is 142 Å². The van der Waals surface area contributed by atoms with Crippen LogP contribution in [-0.4, -0.2) is 28.7 Å². The van der Waals surface area contributed by atoms with E-state index >= 15 is 0 Å². The normalized spacial score (nSPS) is 11.8. The zero-order valence-corrected chi connectivity index (χ0v) is 29.9. The molecule has 0 aliphatic heterocycles. The monoisotopic (exact) mass is 762 g/mol. The van der Waals surface area contributed by atoms with Gasteiger partial charge in [0.2, 0.25) is 17.8 Å². The summed E-state index contributed by atoms with van der Waals surface area (Å²) in [4.78, 5) is 57.1. The molecule has 0 saturated heterocycles. The molecule has 4 aromatic heterocycles. The molecule has 0 bridgehead atoms. The first-order chi connectivity index (χ1) is 26.3. The van der Waals surface area contributed by atoms with E-state index in [1.54, 1.807) is 105 Å². The average molecular weight is 764 g/mol. The highest BCUT2D eigenvalue weighted by molar-refractivity contribution is 6.32. The van der Waals surface area contributed by atoms with Crippen LogP contribution in [0.1, 0.15) is 0 Å². The van der Waals surface area contributed by atoms with Crippen molar-refractivity contribution in [3.05, 3.63) is 173 Å². The Hall–Kier alpha value is -6.39. The predicted molar refractivity (Wildman–Crippen MR) is 217 cm³/mol. The molecule has 0 fully saturated rings. The van der Waals surface area contributed by atoms with Crippen LogP contribution >= 0.6 is 34.8 Å². The fourth-order valence-corrected chi connectivity index (χ4v) is 7.87. The smallest absolute Gasteiger partial charge is 0.241 e. The Kier molecular flexibility index (Phi) is 7.22. The maximum atomic E-state index is 13.9. The summed E-state index contributed by atoms with van der Waals surface area (Å²) < 4.78 is 5.39. The quantitative estimate of drug-likeness (QED) is 0.166. The molecule has 9 nitrogen and oxygen atoms in total. The fraction of sp³-hybridized carbons (Fsp3) is 0. The molecule has 0 unspecified atom stereocenters. The van der Waals surface area contributed by atoms with Crippen molar-refractivity contribution in [3.8, 4) is 17.8 Å². The third-order valence-corrected chi connectivity index (χ3v) is 10.4. The van der Waals surface area contributed by atoms with E-state index in [1.807, 2.05) is 36.4 Å². The molecule has 54 heavy (non-hydrogen) atoms. The molecule has 0 amide bonds. The highest BCUT2D eigenvalue weighted by Gasteiger charge is 2.22. The molecule has 4 heterocycles. The highest BCUT2D eigenvalue weighted by atomic mass is 35.5. The standard InChI is InChI=1S/C42H21Cl3N6O3/c43-22-13-16-34-28(19-22)37(52)25-7-1-4-10-31(25)49(34)40-46-41(50-32-11-5-2-8-26(32)38(53)29-20-23(44)14-17-35(29)50)48-42(47-40)51-33-12-6-3-9-27(33)39(54)30-21-24(45)15-18-36(30)51/h1-21H. The summed E-state index contributed by atoms with van der Waals surface area (Å²) in [5, 5.41) is 3.58. The number of para-hydroxylation sites is 3. The van der Waals surface area contributed by atoms with Gasteiger partial charge >= 0.3 is 0 Å². The van der Waals surface area contributed by atoms with Crippen molar-refractivity contribution >= 4 is 100 Å². The van der Waals surface area contributed by atoms with Crippen LogP contribution in [-0.2, 0) is 0 Å². The van der Waals surface area contributed by atoms with Gasteiger partial charge in [-0.1, -0.05) is 71.2 Å². The molecule has 0 N–H and O–H groups in total. The molecule has 12 heteroatoms. The van der Waals surface area contributed by atoms with Gasteiger partial charge in [-0.15, -0.1) is 0 Å². The van der Waals surface area contributed by atoms with Crippen LogP contribution in [0, 0.1) is 0 Å². The van der Waals surface area contributed by atoms with Gasteiger partial charge in [-0.2, -0.15) is 15.0 Å². The Bertz CT molecular complexity index is 3090. The summed E-state index contributed by atoms with van der Waals surface area (Å²) in [6.45, 7) is 0. The third-order valence-electron chi connectivity index (χ3n) is 9.70. The van der Waals surface area contributed by atoms with Crippen molar-refractivity contribution < 1.29 is 0 Å². The van der Waals surface area contributed by atoms with Crippen LogP contribution < -0.4 is 16.3 Å².